The number of anilines is 1. The summed E-state index contributed by atoms with van der Waals surface area (Å²) in [4.78, 5) is 17.5. The van der Waals surface area contributed by atoms with Crippen LogP contribution in [0.15, 0.2) is 36.7 Å². The Bertz CT molecular complexity index is 849. The molecule has 0 unspecified atom stereocenters. The van der Waals surface area contributed by atoms with E-state index in [-0.39, 0.29) is 12.5 Å². The van der Waals surface area contributed by atoms with Crippen molar-refractivity contribution in [2.75, 3.05) is 5.32 Å². The highest BCUT2D eigenvalue weighted by Gasteiger charge is 2.12. The van der Waals surface area contributed by atoms with E-state index in [1.807, 2.05) is 32.9 Å². The van der Waals surface area contributed by atoms with Crippen molar-refractivity contribution in [1.29, 1.82) is 0 Å². The van der Waals surface area contributed by atoms with Crippen LogP contribution in [0.5, 0.6) is 0 Å². The van der Waals surface area contributed by atoms with Crippen LogP contribution in [-0.2, 0) is 11.3 Å². The van der Waals surface area contributed by atoms with Gasteiger partial charge in [-0.25, -0.2) is 0 Å². The molecule has 7 nitrogen and oxygen atoms in total. The van der Waals surface area contributed by atoms with Crippen molar-refractivity contribution in [2.24, 2.45) is 0 Å². The lowest BCUT2D eigenvalue weighted by molar-refractivity contribution is -0.117. The first-order valence-corrected chi connectivity index (χ1v) is 7.59. The number of amides is 1. The van der Waals surface area contributed by atoms with Crippen molar-refractivity contribution in [1.82, 2.24) is 25.2 Å². The lowest BCUT2D eigenvalue weighted by atomic mass is 10.1. The number of hydrogen-bond acceptors (Lipinski definition) is 5. The third-order valence-corrected chi connectivity index (χ3v) is 3.62. The maximum Gasteiger partial charge on any atom is 0.248 e. The molecule has 0 saturated carbocycles. The second kappa shape index (κ2) is 6.57. The highest BCUT2D eigenvalue weighted by molar-refractivity contribution is 5.92. The molecule has 0 spiro atoms. The molecule has 1 aromatic carbocycles. The summed E-state index contributed by atoms with van der Waals surface area (Å²) in [6.45, 7) is 5.99. The number of carbonyl (C=O) groups is 1. The lowest BCUT2D eigenvalue weighted by Crippen LogP contribution is -2.21. The Morgan fingerprint density at radius 2 is 1.79 bits per heavy atom. The van der Waals surface area contributed by atoms with Gasteiger partial charge < -0.3 is 5.32 Å². The average molecular weight is 322 g/mol. The number of aromatic nitrogens is 5. The molecule has 1 amide bonds. The summed E-state index contributed by atoms with van der Waals surface area (Å²) in [5.74, 6) is 0.275. The number of rotatable bonds is 4. The molecule has 0 radical (unpaired) electrons. The average Bonchev–Trinajstić information content (AvgIpc) is 3.00. The maximum absolute atomic E-state index is 12.3. The van der Waals surface area contributed by atoms with Gasteiger partial charge in [0.2, 0.25) is 11.7 Å². The van der Waals surface area contributed by atoms with Gasteiger partial charge in [0.15, 0.2) is 0 Å². The zero-order chi connectivity index (χ0) is 17.1. The number of nitrogens with zero attached hydrogens (tertiary/aromatic N) is 5. The van der Waals surface area contributed by atoms with Crippen molar-refractivity contribution in [3.05, 3.63) is 53.3 Å². The summed E-state index contributed by atoms with van der Waals surface area (Å²) in [5.41, 5.74) is 4.87. The number of hydrogen-bond donors (Lipinski definition) is 1. The van der Waals surface area contributed by atoms with E-state index in [2.05, 4.69) is 25.7 Å². The number of pyridine rings is 1. The monoisotopic (exact) mass is 322 g/mol. The van der Waals surface area contributed by atoms with Crippen LogP contribution < -0.4 is 5.32 Å². The summed E-state index contributed by atoms with van der Waals surface area (Å²) in [7, 11) is 0. The van der Waals surface area contributed by atoms with Gasteiger partial charge in [-0.2, -0.15) is 4.80 Å². The standard InChI is InChI=1S/C17H18N6O/c1-11-8-12(2)16(13(3)9-11)19-15(24)10-23-21-17(20-22-23)14-4-6-18-7-5-14/h4-9H,10H2,1-3H3,(H,19,24). The van der Waals surface area contributed by atoms with Crippen LogP contribution in [0.3, 0.4) is 0 Å². The van der Waals surface area contributed by atoms with Crippen LogP contribution in [0.2, 0.25) is 0 Å². The Kier molecular flexibility index (Phi) is 4.33. The fourth-order valence-electron chi connectivity index (χ4n) is 2.61. The second-order valence-electron chi connectivity index (χ2n) is 5.70. The third kappa shape index (κ3) is 3.45. The minimum absolute atomic E-state index is 0.00480. The van der Waals surface area contributed by atoms with Gasteiger partial charge in [0.25, 0.3) is 0 Å². The molecule has 0 fully saturated rings. The maximum atomic E-state index is 12.3. The third-order valence-electron chi connectivity index (χ3n) is 3.62. The van der Waals surface area contributed by atoms with E-state index < -0.39 is 0 Å². The quantitative estimate of drug-likeness (QED) is 0.796. The predicted octanol–water partition coefficient (Wildman–Crippen LogP) is 2.30. The summed E-state index contributed by atoms with van der Waals surface area (Å²) in [6.07, 6.45) is 3.32. The minimum Gasteiger partial charge on any atom is -0.324 e. The van der Waals surface area contributed by atoms with Crippen molar-refractivity contribution in [3.8, 4) is 11.4 Å². The molecule has 0 aliphatic carbocycles. The van der Waals surface area contributed by atoms with Gasteiger partial charge in [0.1, 0.15) is 6.54 Å². The topological polar surface area (TPSA) is 85.6 Å². The van der Waals surface area contributed by atoms with E-state index in [9.17, 15) is 4.79 Å². The smallest absolute Gasteiger partial charge is 0.248 e. The highest BCUT2D eigenvalue weighted by atomic mass is 16.2. The predicted molar refractivity (Wildman–Crippen MR) is 90.3 cm³/mol. The van der Waals surface area contributed by atoms with Crippen LogP contribution in [0, 0.1) is 20.8 Å². The van der Waals surface area contributed by atoms with E-state index in [0.717, 1.165) is 22.4 Å². The normalized spacial score (nSPS) is 10.6. The Morgan fingerprint density at radius 1 is 1.12 bits per heavy atom. The van der Waals surface area contributed by atoms with E-state index in [4.69, 9.17) is 0 Å². The molecule has 2 heterocycles. The van der Waals surface area contributed by atoms with Crippen molar-refractivity contribution in [3.63, 3.8) is 0 Å². The summed E-state index contributed by atoms with van der Waals surface area (Å²) in [6, 6.07) is 7.66. The van der Waals surface area contributed by atoms with Gasteiger partial charge in [-0.1, -0.05) is 17.7 Å². The van der Waals surface area contributed by atoms with Gasteiger partial charge in [-0.05, 0) is 49.2 Å². The molecule has 0 aliphatic rings. The van der Waals surface area contributed by atoms with Crippen molar-refractivity contribution >= 4 is 11.6 Å². The molecule has 24 heavy (non-hydrogen) atoms. The number of benzene rings is 1. The first-order valence-electron chi connectivity index (χ1n) is 7.59. The van der Waals surface area contributed by atoms with E-state index >= 15 is 0 Å². The summed E-state index contributed by atoms with van der Waals surface area (Å²) >= 11 is 0. The minimum atomic E-state index is -0.191. The van der Waals surface area contributed by atoms with E-state index in [1.54, 1.807) is 24.5 Å². The molecule has 7 heteroatoms. The number of nitrogens with one attached hydrogen (secondary N) is 1. The van der Waals surface area contributed by atoms with Crippen LogP contribution >= 0.6 is 0 Å². The molecule has 2 aromatic heterocycles. The second-order valence-corrected chi connectivity index (χ2v) is 5.70. The largest absolute Gasteiger partial charge is 0.324 e. The molecule has 0 saturated heterocycles. The Morgan fingerprint density at radius 3 is 2.46 bits per heavy atom. The van der Waals surface area contributed by atoms with Gasteiger partial charge in [0.05, 0.1) is 0 Å². The Balaban J connectivity index is 1.71. The van der Waals surface area contributed by atoms with Gasteiger partial charge in [0, 0.05) is 23.6 Å². The fourth-order valence-corrected chi connectivity index (χ4v) is 2.61. The molecular weight excluding hydrogens is 304 g/mol. The molecule has 0 aliphatic heterocycles. The summed E-state index contributed by atoms with van der Waals surface area (Å²) in [5, 5.41) is 15.0. The molecule has 0 atom stereocenters. The van der Waals surface area contributed by atoms with Crippen molar-refractivity contribution < 1.29 is 4.79 Å². The van der Waals surface area contributed by atoms with E-state index in [1.165, 1.54) is 10.4 Å². The zero-order valence-corrected chi connectivity index (χ0v) is 13.8. The molecule has 122 valence electrons. The number of carbonyl (C=O) groups excluding carboxylic acids is 1. The number of tetrazole rings is 1. The van der Waals surface area contributed by atoms with Crippen molar-refractivity contribution in [2.45, 2.75) is 27.3 Å². The Hall–Kier alpha value is -3.09. The lowest BCUT2D eigenvalue weighted by Gasteiger charge is -2.12. The number of aryl methyl sites for hydroxylation is 3. The fraction of sp³-hybridized carbons (Fsp3) is 0.235. The molecule has 3 rings (SSSR count). The van der Waals surface area contributed by atoms with Gasteiger partial charge in [-0.3, -0.25) is 9.78 Å². The zero-order valence-electron chi connectivity index (χ0n) is 13.8. The van der Waals surface area contributed by atoms with Crippen LogP contribution in [-0.4, -0.2) is 31.1 Å². The van der Waals surface area contributed by atoms with Crippen LogP contribution in [0.4, 0.5) is 5.69 Å². The molecule has 3 aromatic rings. The SMILES string of the molecule is Cc1cc(C)c(NC(=O)Cn2nnc(-c3ccncc3)n2)c(C)c1. The molecule has 0 bridgehead atoms. The first kappa shape index (κ1) is 15.8. The highest BCUT2D eigenvalue weighted by Crippen LogP contribution is 2.21. The van der Waals surface area contributed by atoms with Crippen LogP contribution in [0.1, 0.15) is 16.7 Å². The van der Waals surface area contributed by atoms with Gasteiger partial charge in [-0.15, -0.1) is 10.2 Å². The summed E-state index contributed by atoms with van der Waals surface area (Å²) < 4.78 is 0. The molecule has 1 N–H and O–H groups in total. The Labute approximate surface area is 139 Å². The van der Waals surface area contributed by atoms with Gasteiger partial charge >= 0.3 is 0 Å². The van der Waals surface area contributed by atoms with E-state index in [0.29, 0.717) is 5.82 Å². The molecular formula is C17H18N6O. The first-order chi connectivity index (χ1) is 11.5. The van der Waals surface area contributed by atoms with Crippen LogP contribution in [0.25, 0.3) is 11.4 Å².